The zero-order valence-electron chi connectivity index (χ0n) is 14.9. The SMILES string of the molecule is COc1ccc(CNC(=O)Nc2ccc(C3=CSC4=NCCN34)cc2)cc1. The summed E-state index contributed by atoms with van der Waals surface area (Å²) in [5, 5.41) is 8.92. The quantitative estimate of drug-likeness (QED) is 0.829. The van der Waals surface area contributed by atoms with Crippen LogP contribution in [-0.4, -0.2) is 36.3 Å². The third kappa shape index (κ3) is 3.93. The van der Waals surface area contributed by atoms with Gasteiger partial charge in [0.05, 0.1) is 19.4 Å². The number of amides is 2. The molecule has 0 aliphatic carbocycles. The van der Waals surface area contributed by atoms with E-state index in [-0.39, 0.29) is 6.03 Å². The fourth-order valence-corrected chi connectivity index (χ4v) is 3.94. The Balaban J connectivity index is 1.31. The molecule has 0 bridgehead atoms. The molecule has 2 aliphatic heterocycles. The average Bonchev–Trinajstić information content (AvgIpc) is 3.31. The number of urea groups is 1. The van der Waals surface area contributed by atoms with E-state index in [4.69, 9.17) is 4.74 Å². The van der Waals surface area contributed by atoms with E-state index >= 15 is 0 Å². The normalized spacial score (nSPS) is 15.1. The van der Waals surface area contributed by atoms with E-state index in [0.717, 1.165) is 40.8 Å². The van der Waals surface area contributed by atoms with E-state index in [0.29, 0.717) is 6.54 Å². The number of hydrogen-bond acceptors (Lipinski definition) is 5. The van der Waals surface area contributed by atoms with Crippen LogP contribution in [0.5, 0.6) is 5.75 Å². The third-order valence-corrected chi connectivity index (χ3v) is 5.32. The number of ether oxygens (including phenoxy) is 1. The minimum atomic E-state index is -0.233. The van der Waals surface area contributed by atoms with Crippen LogP contribution in [0, 0.1) is 0 Å². The zero-order chi connectivity index (χ0) is 18.6. The van der Waals surface area contributed by atoms with Gasteiger partial charge in [0.15, 0.2) is 5.17 Å². The number of aliphatic imine (C=N–C) groups is 1. The van der Waals surface area contributed by atoms with Crippen LogP contribution < -0.4 is 15.4 Å². The molecule has 27 heavy (non-hydrogen) atoms. The number of nitrogens with zero attached hydrogens (tertiary/aromatic N) is 2. The van der Waals surface area contributed by atoms with Crippen LogP contribution in [0.25, 0.3) is 5.70 Å². The molecule has 2 aliphatic rings. The van der Waals surface area contributed by atoms with Gasteiger partial charge < -0.3 is 20.3 Å². The Labute approximate surface area is 162 Å². The van der Waals surface area contributed by atoms with Crippen LogP contribution in [0.4, 0.5) is 10.5 Å². The van der Waals surface area contributed by atoms with Gasteiger partial charge in [-0.2, -0.15) is 0 Å². The van der Waals surface area contributed by atoms with Crippen molar-refractivity contribution in [1.29, 1.82) is 0 Å². The van der Waals surface area contributed by atoms with Crippen molar-refractivity contribution >= 4 is 34.3 Å². The number of anilines is 1. The number of hydrogen-bond donors (Lipinski definition) is 2. The first kappa shape index (κ1) is 17.5. The number of carbonyl (C=O) groups is 1. The highest BCUT2D eigenvalue weighted by Gasteiger charge is 2.26. The number of carbonyl (C=O) groups excluding carboxylic acids is 1. The highest BCUT2D eigenvalue weighted by molar-refractivity contribution is 8.16. The van der Waals surface area contributed by atoms with Crippen LogP contribution in [-0.2, 0) is 6.54 Å². The molecular weight excluding hydrogens is 360 g/mol. The van der Waals surface area contributed by atoms with E-state index < -0.39 is 0 Å². The van der Waals surface area contributed by atoms with Gasteiger partial charge >= 0.3 is 6.03 Å². The highest BCUT2D eigenvalue weighted by atomic mass is 32.2. The summed E-state index contributed by atoms with van der Waals surface area (Å²) in [6.45, 7) is 2.24. The fourth-order valence-electron chi connectivity index (χ4n) is 2.97. The van der Waals surface area contributed by atoms with Gasteiger partial charge in [0.25, 0.3) is 0 Å². The van der Waals surface area contributed by atoms with Crippen LogP contribution in [0.3, 0.4) is 0 Å². The van der Waals surface area contributed by atoms with Crippen molar-refractivity contribution in [2.45, 2.75) is 6.54 Å². The molecule has 2 heterocycles. The van der Waals surface area contributed by atoms with Gasteiger partial charge in [-0.3, -0.25) is 4.99 Å². The van der Waals surface area contributed by atoms with Gasteiger partial charge in [-0.25, -0.2) is 4.79 Å². The van der Waals surface area contributed by atoms with Crippen LogP contribution in [0.1, 0.15) is 11.1 Å². The van der Waals surface area contributed by atoms with E-state index in [1.54, 1.807) is 18.9 Å². The summed E-state index contributed by atoms with van der Waals surface area (Å²) in [6.07, 6.45) is 0. The Hall–Kier alpha value is -2.93. The van der Waals surface area contributed by atoms with Crippen LogP contribution in [0.2, 0.25) is 0 Å². The lowest BCUT2D eigenvalue weighted by Gasteiger charge is -2.17. The predicted molar refractivity (Wildman–Crippen MR) is 110 cm³/mol. The van der Waals surface area contributed by atoms with Crippen molar-refractivity contribution in [3.05, 3.63) is 65.1 Å². The van der Waals surface area contributed by atoms with Crippen molar-refractivity contribution in [1.82, 2.24) is 10.2 Å². The number of methoxy groups -OCH3 is 1. The van der Waals surface area contributed by atoms with Gasteiger partial charge in [-0.1, -0.05) is 36.0 Å². The molecule has 0 saturated heterocycles. The van der Waals surface area contributed by atoms with Gasteiger partial charge in [-0.15, -0.1) is 0 Å². The smallest absolute Gasteiger partial charge is 0.319 e. The molecule has 0 atom stereocenters. The van der Waals surface area contributed by atoms with Gasteiger partial charge in [0.2, 0.25) is 0 Å². The number of amidine groups is 1. The molecule has 0 radical (unpaired) electrons. The molecule has 0 unspecified atom stereocenters. The van der Waals surface area contributed by atoms with E-state index in [9.17, 15) is 4.79 Å². The Morgan fingerprint density at radius 3 is 2.70 bits per heavy atom. The summed E-state index contributed by atoms with van der Waals surface area (Å²) in [5.74, 6) is 0.798. The topological polar surface area (TPSA) is 66.0 Å². The standard InChI is InChI=1S/C20H20N4O2S/c1-26-17-8-2-14(3-9-17)12-22-19(25)23-16-6-4-15(5-7-16)18-13-27-20-21-10-11-24(18)20/h2-9,13H,10-12H2,1H3,(H2,22,23,25). The Morgan fingerprint density at radius 2 is 1.96 bits per heavy atom. The maximum Gasteiger partial charge on any atom is 0.319 e. The summed E-state index contributed by atoms with van der Waals surface area (Å²) in [5.41, 5.74) is 4.06. The van der Waals surface area contributed by atoms with Gasteiger partial charge in [-0.05, 0) is 35.4 Å². The van der Waals surface area contributed by atoms with Gasteiger partial charge in [0.1, 0.15) is 5.75 Å². The summed E-state index contributed by atoms with van der Waals surface area (Å²) in [6, 6.07) is 15.2. The van der Waals surface area contributed by atoms with Crippen molar-refractivity contribution in [3.8, 4) is 5.75 Å². The first-order valence-corrected chi connectivity index (χ1v) is 9.58. The summed E-state index contributed by atoms with van der Waals surface area (Å²) >= 11 is 1.66. The molecule has 7 heteroatoms. The van der Waals surface area contributed by atoms with Crippen molar-refractivity contribution < 1.29 is 9.53 Å². The second kappa shape index (κ2) is 7.75. The predicted octanol–water partition coefficient (Wildman–Crippen LogP) is 3.73. The molecule has 0 fully saturated rings. The number of benzene rings is 2. The molecule has 2 aromatic carbocycles. The average molecular weight is 380 g/mol. The molecule has 0 spiro atoms. The van der Waals surface area contributed by atoms with E-state index in [1.165, 1.54) is 5.70 Å². The van der Waals surface area contributed by atoms with Crippen LogP contribution >= 0.6 is 11.8 Å². The largest absolute Gasteiger partial charge is 0.497 e. The molecule has 138 valence electrons. The summed E-state index contributed by atoms with van der Waals surface area (Å²) < 4.78 is 5.13. The van der Waals surface area contributed by atoms with Crippen molar-refractivity contribution in [3.63, 3.8) is 0 Å². The van der Waals surface area contributed by atoms with E-state index in [2.05, 4.69) is 25.9 Å². The van der Waals surface area contributed by atoms with Crippen molar-refractivity contribution in [2.75, 3.05) is 25.5 Å². The lowest BCUT2D eigenvalue weighted by atomic mass is 10.1. The number of fused-ring (bicyclic) bond motifs is 1. The Kier molecular flexibility index (Phi) is 5.02. The second-order valence-corrected chi connectivity index (χ2v) is 7.01. The van der Waals surface area contributed by atoms with Crippen molar-refractivity contribution in [2.24, 2.45) is 4.99 Å². The second-order valence-electron chi connectivity index (χ2n) is 6.17. The third-order valence-electron chi connectivity index (χ3n) is 4.42. The Morgan fingerprint density at radius 1 is 1.19 bits per heavy atom. The molecule has 6 nitrogen and oxygen atoms in total. The minimum Gasteiger partial charge on any atom is -0.497 e. The lowest BCUT2D eigenvalue weighted by molar-refractivity contribution is 0.251. The lowest BCUT2D eigenvalue weighted by Crippen LogP contribution is -2.28. The molecule has 0 aromatic heterocycles. The fraction of sp³-hybridized carbons (Fsp3) is 0.200. The molecule has 2 amide bonds. The first-order chi connectivity index (χ1) is 13.2. The maximum absolute atomic E-state index is 12.1. The first-order valence-electron chi connectivity index (χ1n) is 8.70. The molecule has 0 saturated carbocycles. The van der Waals surface area contributed by atoms with Gasteiger partial charge in [0, 0.05) is 24.2 Å². The molecular formula is C20H20N4O2S. The summed E-state index contributed by atoms with van der Waals surface area (Å²) in [7, 11) is 1.63. The Bertz CT molecular complexity index is 891. The number of thioether (sulfide) groups is 1. The molecule has 4 rings (SSSR count). The zero-order valence-corrected chi connectivity index (χ0v) is 15.8. The highest BCUT2D eigenvalue weighted by Crippen LogP contribution is 2.35. The van der Waals surface area contributed by atoms with Crippen LogP contribution in [0.15, 0.2) is 58.9 Å². The minimum absolute atomic E-state index is 0.233. The molecule has 2 aromatic rings. The van der Waals surface area contributed by atoms with E-state index in [1.807, 2.05) is 48.5 Å². The number of nitrogens with one attached hydrogen (secondary N) is 2. The molecule has 2 N–H and O–H groups in total. The maximum atomic E-state index is 12.1. The monoisotopic (exact) mass is 380 g/mol. The number of rotatable bonds is 5. The summed E-state index contributed by atoms with van der Waals surface area (Å²) in [4.78, 5) is 18.8.